The van der Waals surface area contributed by atoms with Gasteiger partial charge in [-0.05, 0) is 0 Å². The molecule has 1 rings (SSSR count). The van der Waals surface area contributed by atoms with Crippen LogP contribution in [0.1, 0.15) is 13.8 Å². The first-order chi connectivity index (χ1) is 5.54. The lowest BCUT2D eigenvalue weighted by molar-refractivity contribution is -0.109. The number of hydrogen-bond donors (Lipinski definition) is 0. The summed E-state index contributed by atoms with van der Waals surface area (Å²) in [6.45, 7) is 3.75. The van der Waals surface area contributed by atoms with Crippen LogP contribution in [-0.2, 0) is 14.3 Å². The van der Waals surface area contributed by atoms with Crippen LogP contribution in [0.15, 0.2) is 0 Å². The Kier molecular flexibility index (Phi) is 2.08. The lowest BCUT2D eigenvalue weighted by atomic mass is 10.1. The highest BCUT2D eigenvalue weighted by molar-refractivity contribution is 5.66. The van der Waals surface area contributed by atoms with Crippen LogP contribution in [-0.4, -0.2) is 25.7 Å². The summed E-state index contributed by atoms with van der Waals surface area (Å²) < 4.78 is 9.15. The summed E-state index contributed by atoms with van der Waals surface area (Å²) in [7, 11) is 1.24. The van der Waals surface area contributed by atoms with E-state index >= 15 is 0 Å². The number of ether oxygens (including phenoxy) is 2. The second-order valence-electron chi connectivity index (χ2n) is 3.48. The fourth-order valence-electron chi connectivity index (χ4n) is 1.25. The Morgan fingerprint density at radius 2 is 2.08 bits per heavy atom. The zero-order chi connectivity index (χ0) is 9.35. The van der Waals surface area contributed by atoms with Crippen molar-refractivity contribution in [3.63, 3.8) is 0 Å². The molecule has 0 radical (unpaired) electrons. The fraction of sp³-hybridized carbons (Fsp3) is 0.750. The standard InChI is InChI=1S/C8H12O4/c1-8(2)5(4-9)6(8)12-7(10)11-3/h4-6H,1-3H3/t5-,6-/m1/s1. The van der Waals surface area contributed by atoms with Crippen molar-refractivity contribution in [3.05, 3.63) is 0 Å². The SMILES string of the molecule is COC(=O)O[C@@H]1[C@@H](C=O)C1(C)C. The van der Waals surface area contributed by atoms with E-state index in [2.05, 4.69) is 4.74 Å². The second kappa shape index (κ2) is 2.77. The molecule has 0 aromatic rings. The van der Waals surface area contributed by atoms with E-state index in [1.165, 1.54) is 7.11 Å². The molecule has 1 fully saturated rings. The van der Waals surface area contributed by atoms with E-state index in [-0.39, 0.29) is 17.4 Å². The molecule has 4 heteroatoms. The number of hydrogen-bond acceptors (Lipinski definition) is 4. The van der Waals surface area contributed by atoms with Crippen molar-refractivity contribution in [2.45, 2.75) is 20.0 Å². The fourth-order valence-corrected chi connectivity index (χ4v) is 1.25. The second-order valence-corrected chi connectivity index (χ2v) is 3.48. The van der Waals surface area contributed by atoms with E-state index in [0.29, 0.717) is 0 Å². The van der Waals surface area contributed by atoms with Gasteiger partial charge in [-0.1, -0.05) is 13.8 Å². The molecule has 0 spiro atoms. The summed E-state index contributed by atoms with van der Waals surface area (Å²) in [5.74, 6) is -0.184. The van der Waals surface area contributed by atoms with Crippen LogP contribution < -0.4 is 0 Å². The van der Waals surface area contributed by atoms with Crippen molar-refractivity contribution < 1.29 is 19.1 Å². The third-order valence-electron chi connectivity index (χ3n) is 2.35. The topological polar surface area (TPSA) is 52.6 Å². The summed E-state index contributed by atoms with van der Waals surface area (Å²) >= 11 is 0. The zero-order valence-electron chi connectivity index (χ0n) is 7.37. The van der Waals surface area contributed by atoms with Gasteiger partial charge in [-0.15, -0.1) is 0 Å². The maximum atomic E-state index is 10.7. The summed E-state index contributed by atoms with van der Waals surface area (Å²) in [5, 5.41) is 0. The molecular formula is C8H12O4. The van der Waals surface area contributed by atoms with E-state index in [4.69, 9.17) is 4.74 Å². The van der Waals surface area contributed by atoms with Crippen molar-refractivity contribution in [2.24, 2.45) is 11.3 Å². The molecule has 0 aliphatic heterocycles. The maximum absolute atomic E-state index is 10.7. The highest BCUT2D eigenvalue weighted by Gasteiger charge is 2.61. The van der Waals surface area contributed by atoms with Gasteiger partial charge in [0.15, 0.2) is 0 Å². The van der Waals surface area contributed by atoms with Crippen LogP contribution in [0.4, 0.5) is 4.79 Å². The Bertz CT molecular complexity index is 209. The Labute approximate surface area is 70.8 Å². The summed E-state index contributed by atoms with van der Waals surface area (Å²) in [6.07, 6.45) is -0.229. The number of aldehydes is 1. The predicted molar refractivity (Wildman–Crippen MR) is 40.6 cm³/mol. The van der Waals surface area contributed by atoms with Crippen LogP contribution in [0, 0.1) is 11.3 Å². The van der Waals surface area contributed by atoms with Crippen LogP contribution in [0.5, 0.6) is 0 Å². The quantitative estimate of drug-likeness (QED) is 0.460. The molecule has 0 aromatic heterocycles. The first kappa shape index (κ1) is 9.03. The predicted octanol–water partition coefficient (Wildman–Crippen LogP) is 0.993. The minimum atomic E-state index is -0.725. The molecule has 0 unspecified atom stereocenters. The van der Waals surface area contributed by atoms with E-state index in [0.717, 1.165) is 6.29 Å². The molecule has 4 nitrogen and oxygen atoms in total. The molecule has 0 N–H and O–H groups in total. The summed E-state index contributed by atoms with van der Waals surface area (Å²) in [4.78, 5) is 21.1. The molecule has 1 saturated carbocycles. The van der Waals surface area contributed by atoms with Gasteiger partial charge >= 0.3 is 6.16 Å². The third kappa shape index (κ3) is 1.29. The third-order valence-corrected chi connectivity index (χ3v) is 2.35. The van der Waals surface area contributed by atoms with Gasteiger partial charge in [-0.3, -0.25) is 0 Å². The van der Waals surface area contributed by atoms with Crippen LogP contribution in [0.3, 0.4) is 0 Å². The molecular weight excluding hydrogens is 160 g/mol. The van der Waals surface area contributed by atoms with Gasteiger partial charge < -0.3 is 14.3 Å². The monoisotopic (exact) mass is 172 g/mol. The Morgan fingerprint density at radius 3 is 2.42 bits per heavy atom. The molecule has 1 aliphatic rings. The number of rotatable bonds is 2. The first-order valence-electron chi connectivity index (χ1n) is 3.74. The van der Waals surface area contributed by atoms with E-state index in [1.54, 1.807) is 0 Å². The van der Waals surface area contributed by atoms with Crippen molar-refractivity contribution in [1.29, 1.82) is 0 Å². The smallest absolute Gasteiger partial charge is 0.438 e. The number of carbonyl (C=O) groups is 2. The largest absolute Gasteiger partial charge is 0.508 e. The van der Waals surface area contributed by atoms with Crippen molar-refractivity contribution >= 4 is 12.4 Å². The van der Waals surface area contributed by atoms with Gasteiger partial charge in [-0.25, -0.2) is 4.79 Å². The Hall–Kier alpha value is -1.06. The molecule has 0 bridgehead atoms. The van der Waals surface area contributed by atoms with Crippen molar-refractivity contribution in [1.82, 2.24) is 0 Å². The van der Waals surface area contributed by atoms with Gasteiger partial charge in [0.1, 0.15) is 12.4 Å². The average molecular weight is 172 g/mol. The number of carbonyl (C=O) groups excluding carboxylic acids is 2. The highest BCUT2D eigenvalue weighted by atomic mass is 16.7. The van der Waals surface area contributed by atoms with Crippen molar-refractivity contribution in [3.8, 4) is 0 Å². The average Bonchev–Trinajstić information content (AvgIpc) is 2.53. The van der Waals surface area contributed by atoms with E-state index < -0.39 is 6.16 Å². The Balaban J connectivity index is 2.47. The van der Waals surface area contributed by atoms with Gasteiger partial charge in [0, 0.05) is 5.41 Å². The minimum absolute atomic E-state index is 0.184. The van der Waals surface area contributed by atoms with Gasteiger partial charge in [-0.2, -0.15) is 0 Å². The summed E-state index contributed by atoms with van der Waals surface area (Å²) in [6, 6.07) is 0. The van der Waals surface area contributed by atoms with E-state index in [9.17, 15) is 9.59 Å². The first-order valence-corrected chi connectivity index (χ1v) is 3.74. The van der Waals surface area contributed by atoms with Crippen LogP contribution in [0.25, 0.3) is 0 Å². The van der Waals surface area contributed by atoms with Crippen LogP contribution >= 0.6 is 0 Å². The summed E-state index contributed by atoms with van der Waals surface area (Å²) in [5.41, 5.74) is -0.226. The lowest BCUT2D eigenvalue weighted by Crippen LogP contribution is -2.10. The highest BCUT2D eigenvalue weighted by Crippen LogP contribution is 2.52. The lowest BCUT2D eigenvalue weighted by Gasteiger charge is -2.02. The molecule has 12 heavy (non-hydrogen) atoms. The molecule has 0 heterocycles. The molecule has 68 valence electrons. The normalized spacial score (nSPS) is 30.6. The molecule has 0 amide bonds. The maximum Gasteiger partial charge on any atom is 0.508 e. The van der Waals surface area contributed by atoms with Gasteiger partial charge in [0.05, 0.1) is 13.0 Å². The zero-order valence-corrected chi connectivity index (χ0v) is 7.37. The van der Waals surface area contributed by atoms with E-state index in [1.807, 2.05) is 13.8 Å². The van der Waals surface area contributed by atoms with Crippen LogP contribution in [0.2, 0.25) is 0 Å². The Morgan fingerprint density at radius 1 is 1.50 bits per heavy atom. The molecule has 2 atom stereocenters. The van der Waals surface area contributed by atoms with Crippen molar-refractivity contribution in [2.75, 3.05) is 7.11 Å². The molecule has 0 aromatic carbocycles. The molecule has 0 saturated heterocycles. The van der Waals surface area contributed by atoms with Gasteiger partial charge in [0.2, 0.25) is 0 Å². The molecule has 1 aliphatic carbocycles. The minimum Gasteiger partial charge on any atom is -0.438 e. The number of methoxy groups -OCH3 is 1. The van der Waals surface area contributed by atoms with Gasteiger partial charge in [0.25, 0.3) is 0 Å².